The van der Waals surface area contributed by atoms with Gasteiger partial charge in [-0.2, -0.15) is 0 Å². The number of nitrogens with one attached hydrogen (secondary N) is 1. The molecule has 1 fully saturated rings. The second-order valence-electron chi connectivity index (χ2n) is 4.90. The van der Waals surface area contributed by atoms with Crippen LogP contribution < -0.4 is 9.86 Å². The van der Waals surface area contributed by atoms with Gasteiger partial charge in [0.2, 0.25) is 20.0 Å². The summed E-state index contributed by atoms with van der Waals surface area (Å²) in [5.74, 6) is 0. The first-order valence-electron chi connectivity index (χ1n) is 6.41. The molecule has 0 amide bonds. The molecule has 0 aromatic carbocycles. The number of nitrogens with two attached hydrogens (primary N) is 1. The molecular weight excluding hydrogens is 336 g/mol. The molecule has 0 radical (unpaired) electrons. The predicted molar refractivity (Wildman–Crippen MR) is 80.0 cm³/mol. The molecule has 2 heterocycles. The Morgan fingerprint density at radius 2 is 1.90 bits per heavy atom. The van der Waals surface area contributed by atoms with Crippen LogP contribution in [0.15, 0.2) is 16.3 Å². The molecule has 1 aliphatic rings. The van der Waals surface area contributed by atoms with Crippen LogP contribution in [0.1, 0.15) is 30.7 Å². The topological polar surface area (TPSA) is 116 Å². The summed E-state index contributed by atoms with van der Waals surface area (Å²) in [6.07, 6.45) is 0.934. The lowest BCUT2D eigenvalue weighted by molar-refractivity contribution is 0.0981. The highest BCUT2D eigenvalue weighted by molar-refractivity contribution is 7.91. The summed E-state index contributed by atoms with van der Waals surface area (Å²) in [6, 6.07) is 2.45. The van der Waals surface area contributed by atoms with Crippen molar-refractivity contribution >= 4 is 31.4 Å². The number of hydrogen-bond donors (Lipinski definition) is 2. The van der Waals surface area contributed by atoms with E-state index in [1.165, 1.54) is 6.07 Å². The molecule has 3 N–H and O–H groups in total. The smallest absolute Gasteiger partial charge is 0.247 e. The first kappa shape index (κ1) is 16.8. The summed E-state index contributed by atoms with van der Waals surface area (Å²) in [6.45, 7) is 2.55. The number of primary sulfonamides is 1. The quantitative estimate of drug-likeness (QED) is 0.801. The highest BCUT2D eigenvalue weighted by atomic mass is 32.2. The maximum Gasteiger partial charge on any atom is 0.247 e. The summed E-state index contributed by atoms with van der Waals surface area (Å²) in [5.41, 5.74) is 0. The van der Waals surface area contributed by atoms with E-state index in [0.29, 0.717) is 30.9 Å². The molecule has 120 valence electrons. The zero-order valence-electron chi connectivity index (χ0n) is 11.5. The third-order valence-electron chi connectivity index (χ3n) is 3.26. The van der Waals surface area contributed by atoms with Gasteiger partial charge in [0.05, 0.1) is 11.3 Å². The number of hydrogen-bond acceptors (Lipinski definition) is 6. The van der Waals surface area contributed by atoms with Crippen LogP contribution in [0, 0.1) is 0 Å². The van der Waals surface area contributed by atoms with Crippen molar-refractivity contribution in [3.8, 4) is 0 Å². The SMILES string of the molecule is CC(NS(=O)(=O)C1CCOCC1)c1ccc(S(N)(=O)=O)s1. The monoisotopic (exact) mass is 354 g/mol. The molecule has 1 atom stereocenters. The van der Waals surface area contributed by atoms with Gasteiger partial charge in [-0.15, -0.1) is 11.3 Å². The van der Waals surface area contributed by atoms with E-state index >= 15 is 0 Å². The molecule has 1 saturated heterocycles. The fourth-order valence-electron chi connectivity index (χ4n) is 2.11. The second kappa shape index (κ2) is 6.31. The van der Waals surface area contributed by atoms with Gasteiger partial charge in [-0.3, -0.25) is 0 Å². The average molecular weight is 354 g/mol. The average Bonchev–Trinajstić information content (AvgIpc) is 2.89. The van der Waals surface area contributed by atoms with Gasteiger partial charge < -0.3 is 4.74 Å². The zero-order valence-corrected chi connectivity index (χ0v) is 13.9. The number of thiophene rings is 1. The Morgan fingerprint density at radius 1 is 1.29 bits per heavy atom. The molecule has 10 heteroatoms. The van der Waals surface area contributed by atoms with Crippen molar-refractivity contribution in [1.29, 1.82) is 0 Å². The molecule has 1 aliphatic heterocycles. The fourth-order valence-corrected chi connectivity index (χ4v) is 5.56. The van der Waals surface area contributed by atoms with E-state index in [1.54, 1.807) is 13.0 Å². The lowest BCUT2D eigenvalue weighted by Crippen LogP contribution is -2.38. The summed E-state index contributed by atoms with van der Waals surface area (Å²) in [4.78, 5) is 0.606. The Morgan fingerprint density at radius 3 is 2.43 bits per heavy atom. The number of ether oxygens (including phenoxy) is 1. The Balaban J connectivity index is 2.10. The maximum absolute atomic E-state index is 12.3. The first-order chi connectivity index (χ1) is 9.70. The minimum absolute atomic E-state index is 0.0228. The van der Waals surface area contributed by atoms with Crippen LogP contribution in [-0.2, 0) is 24.8 Å². The summed E-state index contributed by atoms with van der Waals surface area (Å²) in [5, 5.41) is 4.58. The molecule has 0 bridgehead atoms. The van der Waals surface area contributed by atoms with Gasteiger partial charge in [0.1, 0.15) is 4.21 Å². The molecule has 0 aliphatic carbocycles. The van der Waals surface area contributed by atoms with Crippen LogP contribution in [0.4, 0.5) is 0 Å². The van der Waals surface area contributed by atoms with Gasteiger partial charge in [-0.25, -0.2) is 26.7 Å². The number of rotatable bonds is 5. The molecule has 1 aromatic rings. The lowest BCUT2D eigenvalue weighted by Gasteiger charge is -2.24. The molecule has 1 aromatic heterocycles. The minimum Gasteiger partial charge on any atom is -0.381 e. The van der Waals surface area contributed by atoms with E-state index in [-0.39, 0.29) is 4.21 Å². The van der Waals surface area contributed by atoms with Crippen molar-refractivity contribution < 1.29 is 21.6 Å². The fraction of sp³-hybridized carbons (Fsp3) is 0.636. The zero-order chi connectivity index (χ0) is 15.7. The Bertz CT molecular complexity index is 689. The van der Waals surface area contributed by atoms with Gasteiger partial charge in [0.25, 0.3) is 0 Å². The third kappa shape index (κ3) is 4.24. The van der Waals surface area contributed by atoms with Gasteiger partial charge in [-0.05, 0) is 31.9 Å². The van der Waals surface area contributed by atoms with Crippen LogP contribution in [0.25, 0.3) is 0 Å². The summed E-state index contributed by atoms with van der Waals surface area (Å²) in [7, 11) is -7.22. The van der Waals surface area contributed by atoms with E-state index < -0.39 is 31.3 Å². The van der Waals surface area contributed by atoms with Crippen LogP contribution in [-0.4, -0.2) is 35.3 Å². The van der Waals surface area contributed by atoms with Crippen molar-refractivity contribution in [1.82, 2.24) is 4.72 Å². The van der Waals surface area contributed by atoms with Crippen molar-refractivity contribution in [2.45, 2.75) is 35.3 Å². The largest absolute Gasteiger partial charge is 0.381 e. The molecule has 0 saturated carbocycles. The van der Waals surface area contributed by atoms with Gasteiger partial charge in [0.15, 0.2) is 0 Å². The molecular formula is C11H18N2O5S3. The second-order valence-corrected chi connectivity index (χ2v) is 9.79. The van der Waals surface area contributed by atoms with E-state index in [4.69, 9.17) is 9.88 Å². The summed E-state index contributed by atoms with van der Waals surface area (Å²) >= 11 is 0.971. The van der Waals surface area contributed by atoms with Crippen LogP contribution in [0.3, 0.4) is 0 Å². The normalized spacial score (nSPS) is 19.5. The highest BCUT2D eigenvalue weighted by Crippen LogP contribution is 2.27. The molecule has 1 unspecified atom stereocenters. The van der Waals surface area contributed by atoms with Crippen molar-refractivity contribution in [2.24, 2.45) is 5.14 Å². The molecule has 0 spiro atoms. The Kier molecular flexibility index (Phi) is 5.06. The molecule has 21 heavy (non-hydrogen) atoms. The van der Waals surface area contributed by atoms with Crippen LogP contribution in [0.2, 0.25) is 0 Å². The lowest BCUT2D eigenvalue weighted by atomic mass is 10.2. The summed E-state index contributed by atoms with van der Waals surface area (Å²) < 4.78 is 54.8. The minimum atomic E-state index is -3.75. The third-order valence-corrected chi connectivity index (χ3v) is 8.00. The highest BCUT2D eigenvalue weighted by Gasteiger charge is 2.29. The van der Waals surface area contributed by atoms with E-state index in [0.717, 1.165) is 11.3 Å². The van der Waals surface area contributed by atoms with Crippen molar-refractivity contribution in [3.05, 3.63) is 17.0 Å². The Hall–Kier alpha value is -0.520. The predicted octanol–water partition coefficient (Wildman–Crippen LogP) is 0.555. The van der Waals surface area contributed by atoms with E-state index in [2.05, 4.69) is 4.72 Å². The van der Waals surface area contributed by atoms with E-state index in [1.807, 2.05) is 0 Å². The van der Waals surface area contributed by atoms with Gasteiger partial charge >= 0.3 is 0 Å². The van der Waals surface area contributed by atoms with Crippen molar-refractivity contribution in [3.63, 3.8) is 0 Å². The van der Waals surface area contributed by atoms with Crippen LogP contribution in [0.5, 0.6) is 0 Å². The molecule has 2 rings (SSSR count). The van der Waals surface area contributed by atoms with Crippen molar-refractivity contribution in [2.75, 3.05) is 13.2 Å². The maximum atomic E-state index is 12.3. The van der Waals surface area contributed by atoms with Crippen LogP contribution >= 0.6 is 11.3 Å². The van der Waals surface area contributed by atoms with Gasteiger partial charge in [0, 0.05) is 18.1 Å². The van der Waals surface area contributed by atoms with Gasteiger partial charge in [-0.1, -0.05) is 0 Å². The Labute approximate surface area is 128 Å². The first-order valence-corrected chi connectivity index (χ1v) is 10.3. The number of sulfonamides is 2. The standard InChI is InChI=1S/C11H18N2O5S3/c1-8(10-2-3-11(19-10)20(12,14)15)13-21(16,17)9-4-6-18-7-5-9/h2-3,8-9,13H,4-7H2,1H3,(H2,12,14,15). The molecule has 7 nitrogen and oxygen atoms in total. The van der Waals surface area contributed by atoms with E-state index in [9.17, 15) is 16.8 Å².